The van der Waals surface area contributed by atoms with Gasteiger partial charge in [0.15, 0.2) is 11.5 Å². The molecule has 0 aliphatic carbocycles. The summed E-state index contributed by atoms with van der Waals surface area (Å²) in [5.74, 6) is 1.44. The van der Waals surface area contributed by atoms with Crippen LogP contribution in [0.4, 0.5) is 0 Å². The van der Waals surface area contributed by atoms with E-state index in [1.807, 2.05) is 60.8 Å². The summed E-state index contributed by atoms with van der Waals surface area (Å²) in [6.07, 6.45) is 2.73. The number of nitrogens with zero attached hydrogens (tertiary/aromatic N) is 1. The first kappa shape index (κ1) is 19.4. The quantitative estimate of drug-likeness (QED) is 0.500. The van der Waals surface area contributed by atoms with Gasteiger partial charge >= 0.3 is 0 Å². The molecule has 0 bridgehead atoms. The number of ether oxygens (including phenoxy) is 2. The van der Waals surface area contributed by atoms with E-state index >= 15 is 0 Å². The summed E-state index contributed by atoms with van der Waals surface area (Å²) in [5.41, 5.74) is 3.34. The highest BCUT2D eigenvalue weighted by atomic mass is 79.9. The number of pyridine rings is 1. The summed E-state index contributed by atoms with van der Waals surface area (Å²) in [5, 5.41) is 3.45. The highest BCUT2D eigenvalue weighted by molar-refractivity contribution is 9.10. The molecule has 0 aliphatic rings. The second-order valence-electron chi connectivity index (χ2n) is 6.13. The molecule has 5 heteroatoms. The van der Waals surface area contributed by atoms with Crippen LogP contribution in [0.5, 0.6) is 11.5 Å². The molecule has 140 valence electrons. The third-order valence-electron chi connectivity index (χ3n) is 4.13. The molecule has 0 fully saturated rings. The van der Waals surface area contributed by atoms with E-state index in [4.69, 9.17) is 9.47 Å². The molecule has 0 atom stereocenters. The molecule has 3 rings (SSSR count). The molecule has 0 unspecified atom stereocenters. The summed E-state index contributed by atoms with van der Waals surface area (Å²) in [7, 11) is 1.66. The monoisotopic (exact) mass is 426 g/mol. The van der Waals surface area contributed by atoms with Crippen molar-refractivity contribution in [3.8, 4) is 11.5 Å². The van der Waals surface area contributed by atoms with Gasteiger partial charge in [0.05, 0.1) is 11.6 Å². The Morgan fingerprint density at radius 2 is 1.81 bits per heavy atom. The Hall–Kier alpha value is -2.37. The fraction of sp³-hybridized carbons (Fsp3) is 0.227. The van der Waals surface area contributed by atoms with Crippen molar-refractivity contribution >= 4 is 15.9 Å². The van der Waals surface area contributed by atoms with Crippen LogP contribution in [0.1, 0.15) is 16.8 Å². The molecule has 0 spiro atoms. The Balaban J connectivity index is 1.58. The minimum Gasteiger partial charge on any atom is -0.493 e. The van der Waals surface area contributed by atoms with Gasteiger partial charge in [0.2, 0.25) is 0 Å². The standard InChI is InChI=1S/C22H23BrN2O2/c1-26-21-14-18(15-24-12-10-19-9-5-6-11-25-19)13-20(23)22(21)27-16-17-7-3-2-4-8-17/h2-9,11,13-14,24H,10,12,15-16H2,1H3. The van der Waals surface area contributed by atoms with Crippen molar-refractivity contribution in [3.63, 3.8) is 0 Å². The lowest BCUT2D eigenvalue weighted by atomic mass is 10.2. The van der Waals surface area contributed by atoms with E-state index in [1.54, 1.807) is 7.11 Å². The number of hydrogen-bond donors (Lipinski definition) is 1. The SMILES string of the molecule is COc1cc(CNCCc2ccccn2)cc(Br)c1OCc1ccccc1. The minimum absolute atomic E-state index is 0.497. The van der Waals surface area contributed by atoms with Crippen LogP contribution in [0.15, 0.2) is 71.3 Å². The van der Waals surface area contributed by atoms with Crippen molar-refractivity contribution in [1.82, 2.24) is 10.3 Å². The summed E-state index contributed by atoms with van der Waals surface area (Å²) in [6, 6.07) is 20.2. The average molecular weight is 427 g/mol. The molecular formula is C22H23BrN2O2. The molecule has 0 aliphatic heterocycles. The first-order valence-electron chi connectivity index (χ1n) is 8.90. The van der Waals surface area contributed by atoms with Crippen molar-refractivity contribution in [2.24, 2.45) is 0 Å². The largest absolute Gasteiger partial charge is 0.493 e. The fourth-order valence-electron chi connectivity index (χ4n) is 2.74. The normalized spacial score (nSPS) is 10.6. The highest BCUT2D eigenvalue weighted by Gasteiger charge is 2.12. The van der Waals surface area contributed by atoms with Crippen molar-refractivity contribution in [2.75, 3.05) is 13.7 Å². The van der Waals surface area contributed by atoms with Crippen LogP contribution in [0.3, 0.4) is 0 Å². The Bertz CT molecular complexity index is 842. The van der Waals surface area contributed by atoms with Crippen LogP contribution in [0, 0.1) is 0 Å². The summed E-state index contributed by atoms with van der Waals surface area (Å²) < 4.78 is 12.4. The molecule has 0 radical (unpaired) electrons. The van der Waals surface area contributed by atoms with Gasteiger partial charge in [0.1, 0.15) is 6.61 Å². The van der Waals surface area contributed by atoms with E-state index < -0.39 is 0 Å². The van der Waals surface area contributed by atoms with Gasteiger partial charge in [-0.05, 0) is 51.3 Å². The molecule has 27 heavy (non-hydrogen) atoms. The zero-order valence-electron chi connectivity index (χ0n) is 15.3. The summed E-state index contributed by atoms with van der Waals surface area (Å²) >= 11 is 3.62. The maximum atomic E-state index is 5.98. The van der Waals surface area contributed by atoms with Gasteiger partial charge in [-0.25, -0.2) is 0 Å². The predicted octanol–water partition coefficient (Wildman–Crippen LogP) is 4.76. The highest BCUT2D eigenvalue weighted by Crippen LogP contribution is 2.37. The molecule has 2 aromatic carbocycles. The van der Waals surface area contributed by atoms with Crippen molar-refractivity contribution < 1.29 is 9.47 Å². The number of nitrogens with one attached hydrogen (secondary N) is 1. The fourth-order valence-corrected chi connectivity index (χ4v) is 3.34. The summed E-state index contributed by atoms with van der Waals surface area (Å²) in [4.78, 5) is 4.34. The van der Waals surface area contributed by atoms with Crippen molar-refractivity contribution in [2.45, 2.75) is 19.6 Å². The van der Waals surface area contributed by atoms with Crippen LogP contribution in [0.25, 0.3) is 0 Å². The first-order valence-corrected chi connectivity index (χ1v) is 9.69. The van der Waals surface area contributed by atoms with Crippen LogP contribution in [-0.2, 0) is 19.6 Å². The minimum atomic E-state index is 0.497. The average Bonchev–Trinajstić information content (AvgIpc) is 2.71. The zero-order chi connectivity index (χ0) is 18.9. The molecule has 0 amide bonds. The van der Waals surface area contributed by atoms with Gasteiger partial charge in [-0.15, -0.1) is 0 Å². The van der Waals surface area contributed by atoms with Gasteiger partial charge < -0.3 is 14.8 Å². The third kappa shape index (κ3) is 5.81. The number of aromatic nitrogens is 1. The molecule has 1 N–H and O–H groups in total. The van der Waals surface area contributed by atoms with E-state index in [0.29, 0.717) is 6.61 Å². The van der Waals surface area contributed by atoms with E-state index in [9.17, 15) is 0 Å². The number of benzene rings is 2. The number of methoxy groups -OCH3 is 1. The van der Waals surface area contributed by atoms with E-state index in [2.05, 4.69) is 32.3 Å². The molecule has 1 aromatic heterocycles. The molecule has 3 aromatic rings. The Labute approximate surface area is 168 Å². The van der Waals surface area contributed by atoms with Crippen molar-refractivity contribution in [1.29, 1.82) is 0 Å². The van der Waals surface area contributed by atoms with E-state index in [1.165, 1.54) is 0 Å². The number of hydrogen-bond acceptors (Lipinski definition) is 4. The second kappa shape index (κ2) is 10.1. The predicted molar refractivity (Wildman–Crippen MR) is 111 cm³/mol. The lowest BCUT2D eigenvalue weighted by Crippen LogP contribution is -2.17. The first-order chi connectivity index (χ1) is 13.3. The Kier molecular flexibility index (Phi) is 7.25. The van der Waals surface area contributed by atoms with E-state index in [-0.39, 0.29) is 0 Å². The maximum absolute atomic E-state index is 5.98. The Morgan fingerprint density at radius 1 is 1.00 bits per heavy atom. The van der Waals surface area contributed by atoms with Crippen LogP contribution in [-0.4, -0.2) is 18.6 Å². The zero-order valence-corrected chi connectivity index (χ0v) is 16.9. The van der Waals surface area contributed by atoms with Gasteiger partial charge in [0.25, 0.3) is 0 Å². The number of rotatable bonds is 9. The van der Waals surface area contributed by atoms with Gasteiger partial charge in [-0.2, -0.15) is 0 Å². The van der Waals surface area contributed by atoms with E-state index in [0.717, 1.165) is 52.3 Å². The second-order valence-corrected chi connectivity index (χ2v) is 6.99. The van der Waals surface area contributed by atoms with Gasteiger partial charge in [-0.3, -0.25) is 4.98 Å². The molecule has 0 saturated carbocycles. The van der Waals surface area contributed by atoms with Crippen LogP contribution < -0.4 is 14.8 Å². The van der Waals surface area contributed by atoms with Crippen molar-refractivity contribution in [3.05, 3.63) is 88.2 Å². The summed E-state index contributed by atoms with van der Waals surface area (Å²) in [6.45, 7) is 2.11. The number of halogens is 1. The smallest absolute Gasteiger partial charge is 0.175 e. The molecule has 4 nitrogen and oxygen atoms in total. The Morgan fingerprint density at radius 3 is 2.56 bits per heavy atom. The maximum Gasteiger partial charge on any atom is 0.175 e. The lowest BCUT2D eigenvalue weighted by molar-refractivity contribution is 0.282. The topological polar surface area (TPSA) is 43.4 Å². The third-order valence-corrected chi connectivity index (χ3v) is 4.72. The molecule has 0 saturated heterocycles. The van der Waals surface area contributed by atoms with Gasteiger partial charge in [0, 0.05) is 31.4 Å². The van der Waals surface area contributed by atoms with Crippen LogP contribution >= 0.6 is 15.9 Å². The van der Waals surface area contributed by atoms with Gasteiger partial charge in [-0.1, -0.05) is 36.4 Å². The molecular weight excluding hydrogens is 404 g/mol. The molecule has 1 heterocycles. The van der Waals surface area contributed by atoms with Crippen LogP contribution in [0.2, 0.25) is 0 Å². The lowest BCUT2D eigenvalue weighted by Gasteiger charge is -2.15.